The molecule has 0 unspecified atom stereocenters. The van der Waals surface area contributed by atoms with Crippen molar-refractivity contribution in [2.45, 2.75) is 52.8 Å². The maximum absolute atomic E-state index is 13.6. The molecule has 0 atom stereocenters. The Kier molecular flexibility index (Phi) is 9.40. The third-order valence-electron chi connectivity index (χ3n) is 5.01. The summed E-state index contributed by atoms with van der Waals surface area (Å²) in [5, 5.41) is 4.94. The molecule has 0 bridgehead atoms. The highest BCUT2D eigenvalue weighted by Crippen LogP contribution is 2.35. The fourth-order valence-corrected chi connectivity index (χ4v) is 3.31. The Hall–Kier alpha value is -3.93. The van der Waals surface area contributed by atoms with Gasteiger partial charge in [0, 0.05) is 29.2 Å². The molecule has 2 amide bonds. The van der Waals surface area contributed by atoms with E-state index < -0.39 is 23.3 Å². The van der Waals surface area contributed by atoms with Gasteiger partial charge in [0.05, 0.1) is 23.4 Å². The second-order valence-electron chi connectivity index (χ2n) is 8.93. The zero-order valence-corrected chi connectivity index (χ0v) is 21.3. The van der Waals surface area contributed by atoms with Gasteiger partial charge in [-0.3, -0.25) is 4.79 Å². The Morgan fingerprint density at radius 2 is 1.89 bits per heavy atom. The molecule has 1 aromatic carbocycles. The molecule has 0 spiro atoms. The standard InChI is InChI=1S/C25H31F3N6O3/c1-7-37-20-11-21(35)31-13-18(20)22(30-6)32-14(2)15(3)33-23(36)34-17-9-8-16(12-24(4,5)29)19(10-17)25(26,27)28/h8-11,13H,6-7,12,29H2,1-5H3,(H,31,35)(H2,33,34,36)/b15-14+,32-22?. The summed E-state index contributed by atoms with van der Waals surface area (Å²) in [4.78, 5) is 34.9. The number of amidine groups is 1. The number of benzene rings is 1. The van der Waals surface area contributed by atoms with Crippen LogP contribution in [0.5, 0.6) is 5.75 Å². The Morgan fingerprint density at radius 1 is 1.22 bits per heavy atom. The van der Waals surface area contributed by atoms with Crippen molar-refractivity contribution in [1.82, 2.24) is 10.3 Å². The summed E-state index contributed by atoms with van der Waals surface area (Å²) < 4.78 is 46.3. The largest absolute Gasteiger partial charge is 0.493 e. The van der Waals surface area contributed by atoms with E-state index in [2.05, 4.69) is 32.3 Å². The van der Waals surface area contributed by atoms with Gasteiger partial charge in [0.2, 0.25) is 0 Å². The van der Waals surface area contributed by atoms with Gasteiger partial charge in [-0.15, -0.1) is 0 Å². The third-order valence-corrected chi connectivity index (χ3v) is 5.01. The van der Waals surface area contributed by atoms with Crippen molar-refractivity contribution in [2.75, 3.05) is 11.9 Å². The number of nitrogens with one attached hydrogen (secondary N) is 3. The van der Waals surface area contributed by atoms with Crippen molar-refractivity contribution >= 4 is 24.3 Å². The van der Waals surface area contributed by atoms with Gasteiger partial charge in [0.25, 0.3) is 5.56 Å². The summed E-state index contributed by atoms with van der Waals surface area (Å²) in [6.45, 7) is 12.0. The molecule has 0 saturated heterocycles. The summed E-state index contributed by atoms with van der Waals surface area (Å²) in [6, 6.07) is 4.04. The molecule has 9 nitrogen and oxygen atoms in total. The SMILES string of the molecule is C=NC(=N/C(C)=C(\C)NC(=O)Nc1ccc(CC(C)(C)N)c(C(F)(F)F)c1)c1c[nH]c(=O)cc1OCC. The number of carbonyl (C=O) groups is 1. The van der Waals surface area contributed by atoms with Crippen LogP contribution in [0.25, 0.3) is 0 Å². The molecule has 2 aromatic rings. The number of amides is 2. The molecule has 1 heterocycles. The highest BCUT2D eigenvalue weighted by molar-refractivity contribution is 6.04. The average Bonchev–Trinajstić information content (AvgIpc) is 2.77. The smallest absolute Gasteiger partial charge is 0.416 e. The second kappa shape index (κ2) is 11.9. The van der Waals surface area contributed by atoms with E-state index in [1.807, 2.05) is 0 Å². The van der Waals surface area contributed by atoms with Crippen LogP contribution in [-0.4, -0.2) is 35.7 Å². The molecule has 0 saturated carbocycles. The highest BCUT2D eigenvalue weighted by atomic mass is 19.4. The Labute approximate surface area is 212 Å². The van der Waals surface area contributed by atoms with Crippen LogP contribution >= 0.6 is 0 Å². The number of aromatic nitrogens is 1. The number of nitrogens with two attached hydrogens (primary N) is 1. The number of rotatable bonds is 8. The Morgan fingerprint density at radius 3 is 2.46 bits per heavy atom. The zero-order valence-electron chi connectivity index (χ0n) is 21.3. The number of nitrogens with zero attached hydrogens (tertiary/aromatic N) is 2. The van der Waals surface area contributed by atoms with Crippen LogP contribution in [0.2, 0.25) is 0 Å². The molecule has 37 heavy (non-hydrogen) atoms. The molecule has 12 heteroatoms. The molecule has 0 aliphatic carbocycles. The maximum atomic E-state index is 13.6. The topological polar surface area (TPSA) is 134 Å². The molecule has 0 aliphatic rings. The van der Waals surface area contributed by atoms with E-state index in [1.165, 1.54) is 24.4 Å². The molecule has 5 N–H and O–H groups in total. The summed E-state index contributed by atoms with van der Waals surface area (Å²) >= 11 is 0. The summed E-state index contributed by atoms with van der Waals surface area (Å²) in [5.41, 5.74) is 4.83. The number of hydrogen-bond acceptors (Lipinski definition) is 5. The molecular weight excluding hydrogens is 489 g/mol. The molecule has 2 rings (SSSR count). The van der Waals surface area contributed by atoms with Crippen molar-refractivity contribution in [1.29, 1.82) is 0 Å². The van der Waals surface area contributed by atoms with Gasteiger partial charge in [-0.2, -0.15) is 13.2 Å². The van der Waals surface area contributed by atoms with E-state index in [4.69, 9.17) is 10.5 Å². The number of allylic oxidation sites excluding steroid dienone is 2. The van der Waals surface area contributed by atoms with Crippen molar-refractivity contribution < 1.29 is 22.7 Å². The van der Waals surface area contributed by atoms with Gasteiger partial charge in [0.1, 0.15) is 5.75 Å². The van der Waals surface area contributed by atoms with E-state index >= 15 is 0 Å². The fraction of sp³-hybridized carbons (Fsp3) is 0.360. The first-order valence-corrected chi connectivity index (χ1v) is 11.3. The first-order chi connectivity index (χ1) is 17.1. The number of aromatic amines is 1. The number of urea groups is 1. The van der Waals surface area contributed by atoms with Crippen LogP contribution in [0.1, 0.15) is 51.3 Å². The number of aliphatic imine (C=N–C) groups is 2. The lowest BCUT2D eigenvalue weighted by Gasteiger charge is -2.22. The predicted molar refractivity (Wildman–Crippen MR) is 138 cm³/mol. The third kappa shape index (κ3) is 8.60. The minimum absolute atomic E-state index is 0.00729. The van der Waals surface area contributed by atoms with Gasteiger partial charge < -0.3 is 26.1 Å². The monoisotopic (exact) mass is 520 g/mol. The van der Waals surface area contributed by atoms with Crippen LogP contribution in [0.3, 0.4) is 0 Å². The summed E-state index contributed by atoms with van der Waals surface area (Å²) in [6.07, 6.45) is -3.23. The Bertz CT molecular complexity index is 1270. The van der Waals surface area contributed by atoms with Gasteiger partial charge in [-0.05, 0) is 65.5 Å². The molecular formula is C25H31F3N6O3. The molecule has 0 fully saturated rings. The number of anilines is 1. The van der Waals surface area contributed by atoms with Gasteiger partial charge >= 0.3 is 12.2 Å². The number of ether oxygens (including phenoxy) is 1. The van der Waals surface area contributed by atoms with E-state index in [0.29, 0.717) is 23.6 Å². The highest BCUT2D eigenvalue weighted by Gasteiger charge is 2.34. The first kappa shape index (κ1) is 29.3. The number of halogens is 3. The minimum atomic E-state index is -4.62. The minimum Gasteiger partial charge on any atom is -0.493 e. The Balaban J connectivity index is 2.28. The van der Waals surface area contributed by atoms with Crippen LogP contribution < -0.4 is 26.7 Å². The fourth-order valence-electron chi connectivity index (χ4n) is 3.31. The zero-order chi connectivity index (χ0) is 28.0. The second-order valence-corrected chi connectivity index (χ2v) is 8.93. The van der Waals surface area contributed by atoms with E-state index in [1.54, 1.807) is 34.6 Å². The van der Waals surface area contributed by atoms with Crippen LogP contribution in [0, 0.1) is 0 Å². The van der Waals surface area contributed by atoms with Gasteiger partial charge in [-0.25, -0.2) is 14.8 Å². The molecule has 200 valence electrons. The predicted octanol–water partition coefficient (Wildman–Crippen LogP) is 4.59. The van der Waals surface area contributed by atoms with E-state index in [0.717, 1.165) is 6.07 Å². The van der Waals surface area contributed by atoms with Crippen molar-refractivity contribution in [3.63, 3.8) is 0 Å². The normalized spacial score (nSPS) is 13.1. The number of hydrogen-bond donors (Lipinski definition) is 4. The number of carbonyl (C=O) groups excluding carboxylic acids is 1. The van der Waals surface area contributed by atoms with Crippen LogP contribution in [0.15, 0.2) is 56.6 Å². The maximum Gasteiger partial charge on any atom is 0.416 e. The lowest BCUT2D eigenvalue weighted by molar-refractivity contribution is -0.138. The lowest BCUT2D eigenvalue weighted by atomic mass is 9.92. The van der Waals surface area contributed by atoms with E-state index in [-0.39, 0.29) is 34.8 Å². The van der Waals surface area contributed by atoms with E-state index in [9.17, 15) is 22.8 Å². The number of alkyl halides is 3. The van der Waals surface area contributed by atoms with Crippen LogP contribution in [0.4, 0.5) is 23.7 Å². The van der Waals surface area contributed by atoms with Crippen molar-refractivity contribution in [3.8, 4) is 5.75 Å². The molecule has 0 aliphatic heterocycles. The van der Waals surface area contributed by atoms with Gasteiger partial charge in [-0.1, -0.05) is 6.07 Å². The average molecular weight is 521 g/mol. The number of pyridine rings is 1. The van der Waals surface area contributed by atoms with Gasteiger partial charge in [0.15, 0.2) is 5.84 Å². The summed E-state index contributed by atoms with van der Waals surface area (Å²) in [7, 11) is 0. The van der Waals surface area contributed by atoms with Crippen LogP contribution in [-0.2, 0) is 12.6 Å². The lowest BCUT2D eigenvalue weighted by Crippen LogP contribution is -2.35. The van der Waals surface area contributed by atoms with Crippen molar-refractivity contribution in [2.24, 2.45) is 15.7 Å². The quantitative estimate of drug-likeness (QED) is 0.299. The molecule has 0 radical (unpaired) electrons. The first-order valence-electron chi connectivity index (χ1n) is 11.3. The van der Waals surface area contributed by atoms with Crippen molar-refractivity contribution in [3.05, 3.63) is 68.9 Å². The summed E-state index contributed by atoms with van der Waals surface area (Å²) in [5.74, 6) is 0.391. The molecule has 1 aromatic heterocycles. The number of H-pyrrole nitrogens is 1.